The molecule has 0 radical (unpaired) electrons. The summed E-state index contributed by atoms with van der Waals surface area (Å²) in [6.45, 7) is 2.04. The molecule has 0 bridgehead atoms. The van der Waals surface area contributed by atoms with Crippen molar-refractivity contribution in [1.82, 2.24) is 10.6 Å². The van der Waals surface area contributed by atoms with Crippen molar-refractivity contribution in [3.63, 3.8) is 0 Å². The summed E-state index contributed by atoms with van der Waals surface area (Å²) >= 11 is 3.63. The number of thioether (sulfide) groups is 2. The third kappa shape index (κ3) is 10.4. The summed E-state index contributed by atoms with van der Waals surface area (Å²) in [4.78, 5) is 22.7. The fourth-order valence-corrected chi connectivity index (χ4v) is 3.24. The van der Waals surface area contributed by atoms with Crippen molar-refractivity contribution in [3.8, 4) is 0 Å². The van der Waals surface area contributed by atoms with Crippen molar-refractivity contribution in [2.24, 2.45) is 0 Å². The molecule has 20 heavy (non-hydrogen) atoms. The quantitative estimate of drug-likeness (QED) is 0.639. The highest BCUT2D eigenvalue weighted by molar-refractivity contribution is 8.02. The molecule has 0 aliphatic carbocycles. The minimum Gasteiger partial charge on any atom is -0.369 e. The number of ether oxygens (including phenoxy) is 2. The lowest BCUT2D eigenvalue weighted by atomic mass is 10.6. The van der Waals surface area contributed by atoms with Gasteiger partial charge in [-0.1, -0.05) is 0 Å². The van der Waals surface area contributed by atoms with Gasteiger partial charge in [-0.25, -0.2) is 0 Å². The van der Waals surface area contributed by atoms with Crippen molar-refractivity contribution in [3.05, 3.63) is 0 Å². The maximum Gasteiger partial charge on any atom is 0.246 e. The molecule has 0 aromatic carbocycles. The van der Waals surface area contributed by atoms with Crippen LogP contribution in [0.1, 0.15) is 0 Å². The van der Waals surface area contributed by atoms with Crippen LogP contribution in [-0.4, -0.2) is 74.3 Å². The van der Waals surface area contributed by atoms with Crippen LogP contribution < -0.4 is 10.6 Å². The normalized spacial score (nSPS) is 22.2. The van der Waals surface area contributed by atoms with E-state index in [-0.39, 0.29) is 25.0 Å². The van der Waals surface area contributed by atoms with E-state index in [0.717, 1.165) is 23.0 Å². The van der Waals surface area contributed by atoms with Gasteiger partial charge in [-0.15, -0.1) is 0 Å². The van der Waals surface area contributed by atoms with E-state index in [0.29, 0.717) is 26.3 Å². The highest BCUT2D eigenvalue weighted by atomic mass is 32.2. The topological polar surface area (TPSA) is 76.7 Å². The number of carbonyl (C=O) groups is 2. The van der Waals surface area contributed by atoms with Gasteiger partial charge in [0.05, 0.1) is 13.2 Å². The van der Waals surface area contributed by atoms with Crippen LogP contribution in [0.25, 0.3) is 0 Å². The first-order chi connectivity index (χ1) is 9.79. The Hall–Kier alpha value is -0.440. The van der Waals surface area contributed by atoms with Gasteiger partial charge in [0, 0.05) is 36.1 Å². The van der Waals surface area contributed by atoms with Crippen LogP contribution in [0.4, 0.5) is 0 Å². The number of rotatable bonds is 0. The first-order valence-electron chi connectivity index (χ1n) is 6.63. The average molecular weight is 322 g/mol. The van der Waals surface area contributed by atoms with Gasteiger partial charge in [-0.2, -0.15) is 23.5 Å². The zero-order valence-corrected chi connectivity index (χ0v) is 13.2. The predicted molar refractivity (Wildman–Crippen MR) is 82.3 cm³/mol. The molecule has 1 heterocycles. The Morgan fingerprint density at radius 3 is 1.65 bits per heavy atom. The van der Waals surface area contributed by atoms with Gasteiger partial charge in [0.25, 0.3) is 0 Å². The fourth-order valence-electron chi connectivity index (χ4n) is 1.40. The molecule has 1 aliphatic heterocycles. The van der Waals surface area contributed by atoms with Gasteiger partial charge in [-0.3, -0.25) is 9.59 Å². The second kappa shape index (κ2) is 12.3. The highest BCUT2D eigenvalue weighted by Gasteiger charge is 2.03. The highest BCUT2D eigenvalue weighted by Crippen LogP contribution is 2.05. The Morgan fingerprint density at radius 2 is 1.20 bits per heavy atom. The molecule has 116 valence electrons. The molecule has 6 nitrogen and oxygen atoms in total. The van der Waals surface area contributed by atoms with E-state index in [9.17, 15) is 9.59 Å². The van der Waals surface area contributed by atoms with Gasteiger partial charge < -0.3 is 20.1 Å². The van der Waals surface area contributed by atoms with Crippen molar-refractivity contribution < 1.29 is 19.1 Å². The van der Waals surface area contributed by atoms with E-state index in [1.807, 2.05) is 23.5 Å². The SMILES string of the molecule is O=C1COCCOCC(=O)NCCSCCSCCN1. The van der Waals surface area contributed by atoms with E-state index in [2.05, 4.69) is 10.6 Å². The standard InChI is InChI=1S/C12H22N2O4S2/c15-11-9-17-3-4-18-10-12(16)14-2-6-20-8-7-19-5-1-13-11/h1-10H2,(H,13,15)(H,14,16). The van der Waals surface area contributed by atoms with Crippen molar-refractivity contribution in [2.75, 3.05) is 62.5 Å². The first-order valence-corrected chi connectivity index (χ1v) is 8.94. The summed E-state index contributed by atoms with van der Waals surface area (Å²) in [7, 11) is 0. The molecule has 0 aromatic rings. The van der Waals surface area contributed by atoms with Crippen LogP contribution >= 0.6 is 23.5 Å². The number of hydrogen-bond acceptors (Lipinski definition) is 6. The predicted octanol–water partition coefficient (Wildman–Crippen LogP) is -0.268. The molecule has 1 fully saturated rings. The Kier molecular flexibility index (Phi) is 10.8. The maximum atomic E-state index is 11.4. The molecule has 1 saturated heterocycles. The van der Waals surface area contributed by atoms with Crippen LogP contribution in [-0.2, 0) is 19.1 Å². The first kappa shape index (κ1) is 17.6. The second-order valence-corrected chi connectivity index (χ2v) is 6.48. The number of carbonyl (C=O) groups excluding carboxylic acids is 2. The number of amides is 2. The van der Waals surface area contributed by atoms with E-state index in [1.54, 1.807) is 0 Å². The third-order valence-corrected chi connectivity index (χ3v) is 4.58. The van der Waals surface area contributed by atoms with Gasteiger partial charge in [0.15, 0.2) is 0 Å². The van der Waals surface area contributed by atoms with Gasteiger partial charge >= 0.3 is 0 Å². The molecule has 0 unspecified atom stereocenters. The van der Waals surface area contributed by atoms with Crippen LogP contribution in [0.2, 0.25) is 0 Å². The second-order valence-electron chi connectivity index (χ2n) is 4.03. The van der Waals surface area contributed by atoms with Crippen molar-refractivity contribution >= 4 is 35.3 Å². The summed E-state index contributed by atoms with van der Waals surface area (Å²) < 4.78 is 10.3. The Balaban J connectivity index is 2.19. The van der Waals surface area contributed by atoms with Crippen molar-refractivity contribution in [1.29, 1.82) is 0 Å². The van der Waals surface area contributed by atoms with E-state index < -0.39 is 0 Å². The summed E-state index contributed by atoms with van der Waals surface area (Å²) in [5, 5.41) is 5.59. The Bertz CT molecular complexity index is 265. The van der Waals surface area contributed by atoms with Gasteiger partial charge in [0.1, 0.15) is 13.2 Å². The lowest BCUT2D eigenvalue weighted by Crippen LogP contribution is -2.31. The molecule has 0 atom stereocenters. The van der Waals surface area contributed by atoms with Crippen LogP contribution in [0.3, 0.4) is 0 Å². The summed E-state index contributed by atoms with van der Waals surface area (Å²) in [5.74, 6) is 3.69. The largest absolute Gasteiger partial charge is 0.369 e. The number of hydrogen-bond donors (Lipinski definition) is 2. The molecule has 1 aliphatic rings. The zero-order chi connectivity index (χ0) is 14.5. The molecule has 2 amide bonds. The summed E-state index contributed by atoms with van der Waals surface area (Å²) in [6, 6.07) is 0. The molecule has 0 saturated carbocycles. The van der Waals surface area contributed by atoms with Crippen molar-refractivity contribution in [2.45, 2.75) is 0 Å². The zero-order valence-electron chi connectivity index (χ0n) is 11.5. The maximum absolute atomic E-state index is 11.4. The average Bonchev–Trinajstić information content (AvgIpc) is 2.43. The van der Waals surface area contributed by atoms with Crippen LogP contribution in [0.5, 0.6) is 0 Å². The Morgan fingerprint density at radius 1 is 0.750 bits per heavy atom. The molecule has 0 aromatic heterocycles. The monoisotopic (exact) mass is 322 g/mol. The fraction of sp³-hybridized carbons (Fsp3) is 0.833. The smallest absolute Gasteiger partial charge is 0.246 e. The molecule has 2 N–H and O–H groups in total. The molecule has 0 spiro atoms. The summed E-state index contributed by atoms with van der Waals surface area (Å²) in [6.07, 6.45) is 0. The lowest BCUT2D eigenvalue weighted by Gasteiger charge is -2.09. The number of nitrogens with one attached hydrogen (secondary N) is 2. The van der Waals surface area contributed by atoms with Gasteiger partial charge in [0.2, 0.25) is 11.8 Å². The Labute approximate surface area is 128 Å². The van der Waals surface area contributed by atoms with Crippen LogP contribution in [0, 0.1) is 0 Å². The molecule has 8 heteroatoms. The van der Waals surface area contributed by atoms with Gasteiger partial charge in [-0.05, 0) is 0 Å². The minimum absolute atomic E-state index is 0.0378. The van der Waals surface area contributed by atoms with E-state index >= 15 is 0 Å². The van der Waals surface area contributed by atoms with E-state index in [4.69, 9.17) is 9.47 Å². The lowest BCUT2D eigenvalue weighted by molar-refractivity contribution is -0.129. The molecule has 1 rings (SSSR count). The molecular weight excluding hydrogens is 300 g/mol. The third-order valence-electron chi connectivity index (χ3n) is 2.35. The van der Waals surface area contributed by atoms with Crippen LogP contribution in [0.15, 0.2) is 0 Å². The molecular formula is C12H22N2O4S2. The van der Waals surface area contributed by atoms with E-state index in [1.165, 1.54) is 0 Å². The minimum atomic E-state index is -0.112. The summed E-state index contributed by atoms with van der Waals surface area (Å²) in [5.41, 5.74) is 0.